The number of aliphatic hydroxyl groups is 1. The topological polar surface area (TPSA) is 49.8 Å². The van der Waals surface area contributed by atoms with Crippen molar-refractivity contribution >= 4 is 6.09 Å². The number of methoxy groups -OCH3 is 1. The Kier molecular flexibility index (Phi) is 2.92. The van der Waals surface area contributed by atoms with Gasteiger partial charge in [0.25, 0.3) is 0 Å². The summed E-state index contributed by atoms with van der Waals surface area (Å²) in [5.41, 5.74) is 0. The molecule has 2 atom stereocenters. The molecule has 12 heavy (non-hydrogen) atoms. The summed E-state index contributed by atoms with van der Waals surface area (Å²) in [6.45, 7) is 2.00. The van der Waals surface area contributed by atoms with Crippen molar-refractivity contribution in [2.75, 3.05) is 7.11 Å². The third kappa shape index (κ3) is 1.53. The summed E-state index contributed by atoms with van der Waals surface area (Å²) < 4.78 is 4.56. The van der Waals surface area contributed by atoms with Gasteiger partial charge in [-0.25, -0.2) is 4.79 Å². The number of likely N-dealkylation sites (tertiary alicyclic amines) is 1. The van der Waals surface area contributed by atoms with Crippen molar-refractivity contribution in [2.24, 2.45) is 0 Å². The normalized spacial score (nSPS) is 29.1. The standard InChI is InChI=1S/C8H15NO3/c1-3-6-4-5-7(10)9(6)8(11)12-2/h6-7,10H,3-5H2,1-2H3/t6-,7?/m1/s1. The minimum Gasteiger partial charge on any atom is -0.453 e. The van der Waals surface area contributed by atoms with E-state index in [2.05, 4.69) is 4.74 Å². The van der Waals surface area contributed by atoms with E-state index < -0.39 is 12.3 Å². The molecule has 0 bridgehead atoms. The molecule has 70 valence electrons. The summed E-state index contributed by atoms with van der Waals surface area (Å²) in [7, 11) is 1.33. The number of ether oxygens (including phenoxy) is 1. The van der Waals surface area contributed by atoms with E-state index in [1.165, 1.54) is 12.0 Å². The number of hydrogen-bond donors (Lipinski definition) is 1. The summed E-state index contributed by atoms with van der Waals surface area (Å²) in [6.07, 6.45) is 1.32. The number of amides is 1. The van der Waals surface area contributed by atoms with E-state index in [1.54, 1.807) is 0 Å². The maximum absolute atomic E-state index is 11.1. The molecule has 0 aromatic rings. The van der Waals surface area contributed by atoms with Crippen LogP contribution in [0.25, 0.3) is 0 Å². The Labute approximate surface area is 72.1 Å². The lowest BCUT2D eigenvalue weighted by Gasteiger charge is -2.24. The Morgan fingerprint density at radius 1 is 1.67 bits per heavy atom. The van der Waals surface area contributed by atoms with Crippen LogP contribution in [0.5, 0.6) is 0 Å². The Hall–Kier alpha value is -0.770. The molecule has 0 spiro atoms. The highest BCUT2D eigenvalue weighted by Gasteiger charge is 2.35. The van der Waals surface area contributed by atoms with Gasteiger partial charge in [-0.1, -0.05) is 6.92 Å². The van der Waals surface area contributed by atoms with Crippen molar-refractivity contribution in [3.8, 4) is 0 Å². The van der Waals surface area contributed by atoms with Crippen LogP contribution in [-0.2, 0) is 4.74 Å². The van der Waals surface area contributed by atoms with Gasteiger partial charge in [0.2, 0.25) is 0 Å². The number of carbonyl (C=O) groups excluding carboxylic acids is 1. The number of carbonyl (C=O) groups is 1. The number of nitrogens with zero attached hydrogens (tertiary/aromatic N) is 1. The van der Waals surface area contributed by atoms with Gasteiger partial charge in [-0.05, 0) is 19.3 Å². The molecule has 0 radical (unpaired) electrons. The van der Waals surface area contributed by atoms with E-state index in [-0.39, 0.29) is 6.04 Å². The Balaban J connectivity index is 2.63. The van der Waals surface area contributed by atoms with Crippen LogP contribution in [0.15, 0.2) is 0 Å². The molecular weight excluding hydrogens is 158 g/mol. The van der Waals surface area contributed by atoms with Crippen molar-refractivity contribution < 1.29 is 14.6 Å². The molecule has 1 aliphatic rings. The van der Waals surface area contributed by atoms with Gasteiger partial charge < -0.3 is 9.84 Å². The first kappa shape index (κ1) is 9.32. The lowest BCUT2D eigenvalue weighted by molar-refractivity contribution is 0.0162. The Morgan fingerprint density at radius 3 is 2.83 bits per heavy atom. The molecule has 1 N–H and O–H groups in total. The molecule has 1 rings (SSSR count). The monoisotopic (exact) mass is 173 g/mol. The second-order valence-corrected chi connectivity index (χ2v) is 3.00. The first-order chi connectivity index (χ1) is 5.70. The lowest BCUT2D eigenvalue weighted by atomic mass is 10.2. The van der Waals surface area contributed by atoms with E-state index in [4.69, 9.17) is 0 Å². The smallest absolute Gasteiger partial charge is 0.411 e. The van der Waals surface area contributed by atoms with Crippen LogP contribution >= 0.6 is 0 Å². The first-order valence-electron chi connectivity index (χ1n) is 4.25. The van der Waals surface area contributed by atoms with Crippen molar-refractivity contribution in [2.45, 2.75) is 38.5 Å². The molecule has 1 fully saturated rings. The molecule has 1 amide bonds. The van der Waals surface area contributed by atoms with Gasteiger partial charge in [0.1, 0.15) is 6.23 Å². The maximum atomic E-state index is 11.1. The summed E-state index contributed by atoms with van der Waals surface area (Å²) in [5.74, 6) is 0. The number of rotatable bonds is 1. The third-order valence-electron chi connectivity index (χ3n) is 2.33. The second kappa shape index (κ2) is 3.76. The van der Waals surface area contributed by atoms with Crippen LogP contribution in [0.4, 0.5) is 4.79 Å². The molecule has 4 heteroatoms. The highest BCUT2D eigenvalue weighted by atomic mass is 16.5. The van der Waals surface area contributed by atoms with Gasteiger partial charge in [-0.15, -0.1) is 0 Å². The minimum absolute atomic E-state index is 0.146. The van der Waals surface area contributed by atoms with Crippen molar-refractivity contribution in [3.63, 3.8) is 0 Å². The Morgan fingerprint density at radius 2 is 2.33 bits per heavy atom. The molecular formula is C8H15NO3. The highest BCUT2D eigenvalue weighted by Crippen LogP contribution is 2.24. The summed E-state index contributed by atoms with van der Waals surface area (Å²) in [4.78, 5) is 12.6. The average molecular weight is 173 g/mol. The lowest BCUT2D eigenvalue weighted by Crippen LogP contribution is -2.40. The largest absolute Gasteiger partial charge is 0.453 e. The Bertz CT molecular complexity index is 172. The highest BCUT2D eigenvalue weighted by molar-refractivity contribution is 5.68. The second-order valence-electron chi connectivity index (χ2n) is 3.00. The van der Waals surface area contributed by atoms with Crippen LogP contribution in [0.1, 0.15) is 26.2 Å². The molecule has 1 unspecified atom stereocenters. The zero-order chi connectivity index (χ0) is 9.14. The van der Waals surface area contributed by atoms with Gasteiger partial charge in [0, 0.05) is 6.04 Å². The molecule has 1 heterocycles. The predicted octanol–water partition coefficient (Wildman–Crippen LogP) is 0.946. The number of hydrogen-bond acceptors (Lipinski definition) is 3. The molecule has 0 saturated carbocycles. The van der Waals surface area contributed by atoms with Gasteiger partial charge >= 0.3 is 6.09 Å². The first-order valence-corrected chi connectivity index (χ1v) is 4.25. The van der Waals surface area contributed by atoms with Crippen molar-refractivity contribution in [1.82, 2.24) is 4.90 Å². The SMILES string of the molecule is CC[C@@H]1CCC(O)N1C(=O)OC. The molecule has 4 nitrogen and oxygen atoms in total. The summed E-state index contributed by atoms with van der Waals surface area (Å²) in [6, 6.07) is 0.146. The quantitative estimate of drug-likeness (QED) is 0.642. The predicted molar refractivity (Wildman–Crippen MR) is 43.6 cm³/mol. The minimum atomic E-state index is -0.651. The van der Waals surface area contributed by atoms with Gasteiger partial charge in [-0.2, -0.15) is 0 Å². The van der Waals surface area contributed by atoms with E-state index in [0.29, 0.717) is 6.42 Å². The van der Waals surface area contributed by atoms with Crippen LogP contribution in [-0.4, -0.2) is 35.5 Å². The van der Waals surface area contributed by atoms with Gasteiger partial charge in [-0.3, -0.25) is 4.90 Å². The molecule has 0 aromatic carbocycles. The molecule has 1 saturated heterocycles. The number of aliphatic hydroxyl groups excluding tert-OH is 1. The summed E-state index contributed by atoms with van der Waals surface area (Å²) in [5, 5.41) is 9.42. The van der Waals surface area contributed by atoms with Gasteiger partial charge in [0.15, 0.2) is 0 Å². The van der Waals surface area contributed by atoms with Crippen LogP contribution < -0.4 is 0 Å². The summed E-state index contributed by atoms with van der Waals surface area (Å²) >= 11 is 0. The van der Waals surface area contributed by atoms with Crippen molar-refractivity contribution in [3.05, 3.63) is 0 Å². The zero-order valence-electron chi connectivity index (χ0n) is 7.49. The third-order valence-corrected chi connectivity index (χ3v) is 2.33. The zero-order valence-corrected chi connectivity index (χ0v) is 7.49. The van der Waals surface area contributed by atoms with Crippen LogP contribution in [0.3, 0.4) is 0 Å². The van der Waals surface area contributed by atoms with Crippen molar-refractivity contribution in [1.29, 1.82) is 0 Å². The fourth-order valence-corrected chi connectivity index (χ4v) is 1.64. The van der Waals surface area contributed by atoms with Crippen LogP contribution in [0, 0.1) is 0 Å². The maximum Gasteiger partial charge on any atom is 0.411 e. The molecule has 0 aliphatic carbocycles. The fraction of sp³-hybridized carbons (Fsp3) is 0.875. The fourth-order valence-electron chi connectivity index (χ4n) is 1.64. The average Bonchev–Trinajstić information content (AvgIpc) is 2.45. The van der Waals surface area contributed by atoms with E-state index in [9.17, 15) is 9.90 Å². The molecule has 0 aromatic heterocycles. The van der Waals surface area contributed by atoms with E-state index in [1.807, 2.05) is 6.92 Å². The van der Waals surface area contributed by atoms with Crippen LogP contribution in [0.2, 0.25) is 0 Å². The molecule has 1 aliphatic heterocycles. The van der Waals surface area contributed by atoms with E-state index >= 15 is 0 Å². The van der Waals surface area contributed by atoms with Gasteiger partial charge in [0.05, 0.1) is 7.11 Å². The van der Waals surface area contributed by atoms with E-state index in [0.717, 1.165) is 12.8 Å².